The van der Waals surface area contributed by atoms with Crippen molar-refractivity contribution in [1.29, 1.82) is 0 Å². The maximum absolute atomic E-state index is 13.0. The number of carbonyl (C=O) groups excluding carboxylic acids is 2. The minimum absolute atomic E-state index is 0.0162. The molecule has 2 aromatic rings. The first-order chi connectivity index (χ1) is 15.1. The molecule has 0 bridgehead atoms. The second kappa shape index (κ2) is 9.73. The van der Waals surface area contributed by atoms with E-state index in [1.165, 1.54) is 0 Å². The van der Waals surface area contributed by atoms with E-state index in [0.29, 0.717) is 36.2 Å². The van der Waals surface area contributed by atoms with Gasteiger partial charge in [0.15, 0.2) is 5.69 Å². The number of benzene rings is 1. The van der Waals surface area contributed by atoms with Gasteiger partial charge in [-0.2, -0.15) is 5.10 Å². The zero-order valence-corrected chi connectivity index (χ0v) is 18.6. The van der Waals surface area contributed by atoms with Gasteiger partial charge in [-0.1, -0.05) is 23.7 Å². The molecule has 1 aromatic carbocycles. The van der Waals surface area contributed by atoms with Gasteiger partial charge in [-0.25, -0.2) is 4.79 Å². The number of rotatable bonds is 6. The largest absolute Gasteiger partial charge is 0.489 e. The molecule has 2 aliphatic rings. The van der Waals surface area contributed by atoms with Crippen LogP contribution in [0.2, 0.25) is 5.02 Å². The second-order valence-electron chi connectivity index (χ2n) is 7.99. The van der Waals surface area contributed by atoms with E-state index in [2.05, 4.69) is 5.10 Å². The molecule has 8 heteroatoms. The number of nitrogens with zero attached hydrogens (tertiary/aromatic N) is 3. The maximum Gasteiger partial charge on any atom is 0.359 e. The molecule has 0 radical (unpaired) electrons. The van der Waals surface area contributed by atoms with Gasteiger partial charge in [-0.3, -0.25) is 9.48 Å². The van der Waals surface area contributed by atoms with Crippen LogP contribution < -0.4 is 4.74 Å². The smallest absolute Gasteiger partial charge is 0.359 e. The molecule has 1 aliphatic carbocycles. The summed E-state index contributed by atoms with van der Waals surface area (Å²) in [5, 5.41) is 5.08. The molecule has 0 N–H and O–H groups in total. The highest BCUT2D eigenvalue weighted by Gasteiger charge is 2.29. The molecule has 0 unspecified atom stereocenters. The minimum atomic E-state index is -0.399. The van der Waals surface area contributed by atoms with Gasteiger partial charge in [0.2, 0.25) is 5.91 Å². The Morgan fingerprint density at radius 3 is 2.65 bits per heavy atom. The average Bonchev–Trinajstić information content (AvgIpc) is 3.15. The van der Waals surface area contributed by atoms with E-state index in [1.807, 2.05) is 29.2 Å². The van der Waals surface area contributed by atoms with Gasteiger partial charge in [-0.15, -0.1) is 0 Å². The Hall–Kier alpha value is -2.54. The zero-order chi connectivity index (χ0) is 21.8. The van der Waals surface area contributed by atoms with Gasteiger partial charge < -0.3 is 14.4 Å². The van der Waals surface area contributed by atoms with Crippen molar-refractivity contribution in [1.82, 2.24) is 14.7 Å². The van der Waals surface area contributed by atoms with Crippen molar-refractivity contribution in [2.45, 2.75) is 58.1 Å². The van der Waals surface area contributed by atoms with Crippen LogP contribution in [0.1, 0.15) is 54.4 Å². The fraction of sp³-hybridized carbons (Fsp3) is 0.522. The number of hydrogen-bond donors (Lipinski definition) is 0. The van der Waals surface area contributed by atoms with Crippen molar-refractivity contribution < 1.29 is 19.1 Å². The molecule has 1 aliphatic heterocycles. The standard InChI is InChI=1S/C23H28ClN3O4/c1-2-30-23(29)22-17-7-3-5-9-19(17)27(25-22)15-21(28)26-13-11-16(12-14-26)31-20-10-6-4-8-18(20)24/h4,6,8,10,16H,2-3,5,7,9,11-15H2,1H3. The first-order valence-corrected chi connectivity index (χ1v) is 11.4. The number of piperidine rings is 1. The Bertz CT molecular complexity index is 950. The molecule has 2 heterocycles. The zero-order valence-electron chi connectivity index (χ0n) is 17.8. The number of fused-ring (bicyclic) bond motifs is 1. The van der Waals surface area contributed by atoms with Crippen molar-refractivity contribution in [3.05, 3.63) is 46.2 Å². The van der Waals surface area contributed by atoms with Crippen molar-refractivity contribution in [3.8, 4) is 5.75 Å². The SMILES string of the molecule is CCOC(=O)c1nn(CC(=O)N2CCC(Oc3ccccc3Cl)CC2)c2c1CCCC2. The fourth-order valence-electron chi connectivity index (χ4n) is 4.34. The van der Waals surface area contributed by atoms with Crippen LogP contribution in [-0.4, -0.2) is 52.4 Å². The van der Waals surface area contributed by atoms with Gasteiger partial charge in [0.1, 0.15) is 18.4 Å². The van der Waals surface area contributed by atoms with E-state index < -0.39 is 5.97 Å². The third-order valence-electron chi connectivity index (χ3n) is 5.94. The first kappa shape index (κ1) is 21.7. The van der Waals surface area contributed by atoms with Gasteiger partial charge in [0.25, 0.3) is 0 Å². The molecule has 0 spiro atoms. The van der Waals surface area contributed by atoms with E-state index in [0.717, 1.165) is 49.8 Å². The monoisotopic (exact) mass is 445 g/mol. The van der Waals surface area contributed by atoms with Gasteiger partial charge in [0, 0.05) is 37.2 Å². The third kappa shape index (κ3) is 4.87. The van der Waals surface area contributed by atoms with E-state index in [4.69, 9.17) is 21.1 Å². The van der Waals surface area contributed by atoms with Crippen LogP contribution in [0.15, 0.2) is 24.3 Å². The minimum Gasteiger partial charge on any atom is -0.489 e. The highest BCUT2D eigenvalue weighted by molar-refractivity contribution is 6.32. The predicted molar refractivity (Wildman–Crippen MR) is 117 cm³/mol. The van der Waals surface area contributed by atoms with Crippen LogP contribution in [0.25, 0.3) is 0 Å². The molecule has 7 nitrogen and oxygen atoms in total. The highest BCUT2D eigenvalue weighted by Crippen LogP contribution is 2.28. The van der Waals surface area contributed by atoms with Crippen LogP contribution in [0, 0.1) is 0 Å². The Balaban J connectivity index is 1.38. The topological polar surface area (TPSA) is 73.7 Å². The molecule has 1 saturated heterocycles. The van der Waals surface area contributed by atoms with Crippen molar-refractivity contribution in [3.63, 3.8) is 0 Å². The van der Waals surface area contributed by atoms with E-state index >= 15 is 0 Å². The summed E-state index contributed by atoms with van der Waals surface area (Å²) in [6.07, 6.45) is 5.25. The summed E-state index contributed by atoms with van der Waals surface area (Å²) in [6, 6.07) is 7.44. The van der Waals surface area contributed by atoms with Crippen molar-refractivity contribution in [2.75, 3.05) is 19.7 Å². The summed E-state index contributed by atoms with van der Waals surface area (Å²) >= 11 is 6.18. The molecule has 0 saturated carbocycles. The number of esters is 1. The van der Waals surface area contributed by atoms with Gasteiger partial charge in [0.05, 0.1) is 11.6 Å². The normalized spacial score (nSPS) is 16.6. The molecule has 1 aromatic heterocycles. The summed E-state index contributed by atoms with van der Waals surface area (Å²) in [5.41, 5.74) is 2.32. The molecule has 0 atom stereocenters. The Kier molecular flexibility index (Phi) is 6.80. The number of halogens is 1. The maximum atomic E-state index is 13.0. The van der Waals surface area contributed by atoms with E-state index in [-0.39, 0.29) is 18.6 Å². The summed E-state index contributed by atoms with van der Waals surface area (Å²) in [6.45, 7) is 3.50. The number of likely N-dealkylation sites (tertiary alicyclic amines) is 1. The lowest BCUT2D eigenvalue weighted by Crippen LogP contribution is -2.43. The average molecular weight is 446 g/mol. The molecule has 4 rings (SSSR count). The lowest BCUT2D eigenvalue weighted by Gasteiger charge is -2.32. The van der Waals surface area contributed by atoms with Gasteiger partial charge >= 0.3 is 5.97 Å². The van der Waals surface area contributed by atoms with Crippen LogP contribution in [-0.2, 0) is 28.9 Å². The van der Waals surface area contributed by atoms with Crippen LogP contribution in [0.4, 0.5) is 0 Å². The molecule has 166 valence electrons. The molecule has 31 heavy (non-hydrogen) atoms. The highest BCUT2D eigenvalue weighted by atomic mass is 35.5. The van der Waals surface area contributed by atoms with Crippen LogP contribution in [0.3, 0.4) is 0 Å². The predicted octanol–water partition coefficient (Wildman–Crippen LogP) is 3.66. The summed E-state index contributed by atoms with van der Waals surface area (Å²) in [7, 11) is 0. The lowest BCUT2D eigenvalue weighted by atomic mass is 9.95. The van der Waals surface area contributed by atoms with Crippen LogP contribution >= 0.6 is 11.6 Å². The Morgan fingerprint density at radius 1 is 1.16 bits per heavy atom. The number of carbonyl (C=O) groups is 2. The van der Waals surface area contributed by atoms with Gasteiger partial charge in [-0.05, 0) is 44.7 Å². The Labute approximate surface area is 187 Å². The van der Waals surface area contributed by atoms with E-state index in [1.54, 1.807) is 11.6 Å². The number of para-hydroxylation sites is 1. The van der Waals surface area contributed by atoms with Crippen molar-refractivity contribution in [2.24, 2.45) is 0 Å². The fourth-order valence-corrected chi connectivity index (χ4v) is 4.52. The first-order valence-electron chi connectivity index (χ1n) is 11.0. The lowest BCUT2D eigenvalue weighted by molar-refractivity contribution is -0.133. The number of amides is 1. The number of aromatic nitrogens is 2. The van der Waals surface area contributed by atoms with Crippen molar-refractivity contribution >= 4 is 23.5 Å². The summed E-state index contributed by atoms with van der Waals surface area (Å²) < 4.78 is 12.9. The number of ether oxygens (including phenoxy) is 2. The quantitative estimate of drug-likeness (QED) is 0.634. The number of hydrogen-bond acceptors (Lipinski definition) is 5. The summed E-state index contributed by atoms with van der Waals surface area (Å²) in [5.74, 6) is 0.301. The molecule has 1 fully saturated rings. The molecule has 1 amide bonds. The van der Waals surface area contributed by atoms with Crippen LogP contribution in [0.5, 0.6) is 5.75 Å². The van der Waals surface area contributed by atoms with E-state index in [9.17, 15) is 9.59 Å². The molecular weight excluding hydrogens is 418 g/mol. The molecular formula is C23H28ClN3O4. The second-order valence-corrected chi connectivity index (χ2v) is 8.39. The Morgan fingerprint density at radius 2 is 1.90 bits per heavy atom. The third-order valence-corrected chi connectivity index (χ3v) is 6.25. The summed E-state index contributed by atoms with van der Waals surface area (Å²) in [4.78, 5) is 27.1.